The second kappa shape index (κ2) is 6.54. The molecule has 1 aliphatic rings. The average Bonchev–Trinajstić information content (AvgIpc) is 2.48. The summed E-state index contributed by atoms with van der Waals surface area (Å²) in [6.45, 7) is 4.07. The van der Waals surface area contributed by atoms with E-state index in [0.29, 0.717) is 6.61 Å². The van der Waals surface area contributed by atoms with Crippen LogP contribution in [0.3, 0.4) is 0 Å². The van der Waals surface area contributed by atoms with Gasteiger partial charge in [0, 0.05) is 17.6 Å². The second-order valence-corrected chi connectivity index (χ2v) is 7.50. The fraction of sp³-hybridized carbons (Fsp3) is 0.500. The number of esters is 1. The van der Waals surface area contributed by atoms with Gasteiger partial charge in [-0.25, -0.2) is 13.2 Å². The van der Waals surface area contributed by atoms with E-state index in [9.17, 15) is 13.2 Å². The number of nitrogens with zero attached hydrogens (tertiary/aromatic N) is 1. The molecule has 1 saturated heterocycles. The Balaban J connectivity index is 2.53. The van der Waals surface area contributed by atoms with Crippen molar-refractivity contribution in [3.8, 4) is 0 Å². The number of ether oxygens (including phenoxy) is 2. The molecule has 2 atom stereocenters. The fourth-order valence-corrected chi connectivity index (χ4v) is 4.46. The number of hydrogen-bond acceptors (Lipinski definition) is 5. The maximum atomic E-state index is 12.9. The predicted molar refractivity (Wildman–Crippen MR) is 81.6 cm³/mol. The van der Waals surface area contributed by atoms with Crippen molar-refractivity contribution in [2.45, 2.75) is 30.9 Å². The summed E-state index contributed by atoms with van der Waals surface area (Å²) in [7, 11) is -2.68. The van der Waals surface area contributed by atoms with Crippen LogP contribution in [-0.2, 0) is 19.5 Å². The Bertz CT molecular complexity index is 676. The zero-order valence-corrected chi connectivity index (χ0v) is 14.1. The molecule has 22 heavy (non-hydrogen) atoms. The summed E-state index contributed by atoms with van der Waals surface area (Å²) < 4.78 is 37.3. The van der Waals surface area contributed by atoms with Crippen LogP contribution in [0.25, 0.3) is 0 Å². The highest BCUT2D eigenvalue weighted by molar-refractivity contribution is 7.89. The number of methoxy groups -OCH3 is 1. The Morgan fingerprint density at radius 2 is 2.09 bits per heavy atom. The van der Waals surface area contributed by atoms with E-state index in [-0.39, 0.29) is 34.2 Å². The number of rotatable bonds is 3. The van der Waals surface area contributed by atoms with Crippen LogP contribution < -0.4 is 0 Å². The minimum atomic E-state index is -3.88. The molecule has 1 aliphatic heterocycles. The van der Waals surface area contributed by atoms with E-state index in [2.05, 4.69) is 4.74 Å². The van der Waals surface area contributed by atoms with Crippen LogP contribution in [0.1, 0.15) is 24.2 Å². The molecule has 0 unspecified atom stereocenters. The average molecular weight is 348 g/mol. The summed E-state index contributed by atoms with van der Waals surface area (Å²) in [6.07, 6.45) is -0.216. The van der Waals surface area contributed by atoms with Gasteiger partial charge in [-0.15, -0.1) is 0 Å². The molecule has 0 aromatic heterocycles. The third-order valence-corrected chi connectivity index (χ3v) is 5.74. The predicted octanol–water partition coefficient (Wildman–Crippen LogP) is 1.92. The lowest BCUT2D eigenvalue weighted by Crippen LogP contribution is -2.50. The number of benzene rings is 1. The summed E-state index contributed by atoms with van der Waals surface area (Å²) in [5, 5.41) is 0.236. The van der Waals surface area contributed by atoms with Crippen LogP contribution in [0.2, 0.25) is 5.02 Å². The second-order valence-electron chi connectivity index (χ2n) is 5.20. The Morgan fingerprint density at radius 3 is 2.73 bits per heavy atom. The van der Waals surface area contributed by atoms with E-state index in [1.165, 1.54) is 29.6 Å². The molecule has 0 N–H and O–H groups in total. The summed E-state index contributed by atoms with van der Waals surface area (Å²) in [5.74, 6) is -0.718. The quantitative estimate of drug-likeness (QED) is 0.781. The molecule has 1 heterocycles. The van der Waals surface area contributed by atoms with Crippen molar-refractivity contribution in [3.63, 3.8) is 0 Å². The standard InChI is InChI=1S/C14H18ClNO5S/c1-9-8-21-10(2)7-16(9)22(18,19)13-6-11(15)4-5-12(13)14(17)20-3/h4-6,9-10H,7-8H2,1-3H3/t9-,10+/m1/s1. The molecule has 122 valence electrons. The Kier molecular flexibility index (Phi) is 5.11. The molecule has 1 fully saturated rings. The molecule has 1 aromatic rings. The van der Waals surface area contributed by atoms with Gasteiger partial charge in [0.2, 0.25) is 10.0 Å². The van der Waals surface area contributed by atoms with Crippen LogP contribution in [0.15, 0.2) is 23.1 Å². The smallest absolute Gasteiger partial charge is 0.339 e. The lowest BCUT2D eigenvalue weighted by atomic mass is 10.2. The lowest BCUT2D eigenvalue weighted by Gasteiger charge is -2.35. The van der Waals surface area contributed by atoms with Crippen LogP contribution in [0, 0.1) is 0 Å². The highest BCUT2D eigenvalue weighted by Gasteiger charge is 2.36. The number of sulfonamides is 1. The van der Waals surface area contributed by atoms with Crippen molar-refractivity contribution in [1.82, 2.24) is 4.31 Å². The number of halogens is 1. The Hall–Kier alpha value is -1.15. The monoisotopic (exact) mass is 347 g/mol. The first-order valence-corrected chi connectivity index (χ1v) is 8.60. The largest absolute Gasteiger partial charge is 0.465 e. The normalized spacial score (nSPS) is 23.3. The number of hydrogen-bond donors (Lipinski definition) is 0. The van der Waals surface area contributed by atoms with Crippen LogP contribution >= 0.6 is 11.6 Å². The molecule has 0 amide bonds. The molecule has 0 spiro atoms. The van der Waals surface area contributed by atoms with Crippen molar-refractivity contribution in [1.29, 1.82) is 0 Å². The van der Waals surface area contributed by atoms with E-state index >= 15 is 0 Å². The van der Waals surface area contributed by atoms with Crippen molar-refractivity contribution >= 4 is 27.6 Å². The van der Waals surface area contributed by atoms with Crippen LogP contribution in [-0.4, -0.2) is 51.1 Å². The molecule has 0 bridgehead atoms. The molecule has 0 saturated carbocycles. The van der Waals surface area contributed by atoms with Gasteiger partial charge in [0.05, 0.1) is 30.3 Å². The van der Waals surface area contributed by atoms with Crippen molar-refractivity contribution in [3.05, 3.63) is 28.8 Å². The van der Waals surface area contributed by atoms with E-state index in [1.54, 1.807) is 13.8 Å². The minimum absolute atomic E-state index is 0.0294. The molecule has 0 radical (unpaired) electrons. The van der Waals surface area contributed by atoms with E-state index < -0.39 is 16.0 Å². The first kappa shape index (κ1) is 17.2. The van der Waals surface area contributed by atoms with Crippen LogP contribution in [0.5, 0.6) is 0 Å². The van der Waals surface area contributed by atoms with E-state index in [4.69, 9.17) is 16.3 Å². The molecular formula is C14H18ClNO5S. The number of morpholine rings is 1. The lowest BCUT2D eigenvalue weighted by molar-refractivity contribution is -0.0170. The van der Waals surface area contributed by atoms with Crippen molar-refractivity contribution in [2.24, 2.45) is 0 Å². The number of carbonyl (C=O) groups is 1. The molecule has 0 aliphatic carbocycles. The molecule has 8 heteroatoms. The first-order valence-electron chi connectivity index (χ1n) is 6.78. The Labute approximate surface area is 135 Å². The summed E-state index contributed by atoms with van der Waals surface area (Å²) in [4.78, 5) is 11.7. The van der Waals surface area contributed by atoms with Gasteiger partial charge in [-0.3, -0.25) is 0 Å². The van der Waals surface area contributed by atoms with Gasteiger partial charge >= 0.3 is 5.97 Å². The summed E-state index contributed by atoms with van der Waals surface area (Å²) in [6, 6.07) is 3.76. The van der Waals surface area contributed by atoms with Gasteiger partial charge in [-0.2, -0.15) is 4.31 Å². The minimum Gasteiger partial charge on any atom is -0.465 e. The molecule has 1 aromatic carbocycles. The third-order valence-electron chi connectivity index (χ3n) is 3.49. The van der Waals surface area contributed by atoms with E-state index in [1.807, 2.05) is 0 Å². The molecule has 6 nitrogen and oxygen atoms in total. The number of carbonyl (C=O) groups excluding carboxylic acids is 1. The SMILES string of the molecule is COC(=O)c1ccc(Cl)cc1S(=O)(=O)N1C[C@H](C)OC[C@H]1C. The zero-order chi connectivity index (χ0) is 16.5. The topological polar surface area (TPSA) is 72.9 Å². The highest BCUT2D eigenvalue weighted by Crippen LogP contribution is 2.28. The molecular weight excluding hydrogens is 330 g/mol. The zero-order valence-electron chi connectivity index (χ0n) is 12.6. The van der Waals surface area contributed by atoms with Gasteiger partial charge in [0.1, 0.15) is 0 Å². The van der Waals surface area contributed by atoms with Gasteiger partial charge in [-0.1, -0.05) is 11.6 Å². The highest BCUT2D eigenvalue weighted by atomic mass is 35.5. The van der Waals surface area contributed by atoms with Gasteiger partial charge < -0.3 is 9.47 Å². The third kappa shape index (κ3) is 3.27. The van der Waals surface area contributed by atoms with Crippen molar-refractivity contribution in [2.75, 3.05) is 20.3 Å². The molecule has 2 rings (SSSR count). The van der Waals surface area contributed by atoms with Gasteiger partial charge in [0.15, 0.2) is 0 Å². The summed E-state index contributed by atoms with van der Waals surface area (Å²) in [5.41, 5.74) is -0.0294. The Morgan fingerprint density at radius 1 is 1.41 bits per heavy atom. The van der Waals surface area contributed by atoms with Gasteiger partial charge in [0.25, 0.3) is 0 Å². The maximum absolute atomic E-state index is 12.9. The van der Waals surface area contributed by atoms with E-state index in [0.717, 1.165) is 0 Å². The summed E-state index contributed by atoms with van der Waals surface area (Å²) >= 11 is 5.91. The van der Waals surface area contributed by atoms with Crippen LogP contribution in [0.4, 0.5) is 0 Å². The maximum Gasteiger partial charge on any atom is 0.339 e. The first-order chi connectivity index (χ1) is 10.3. The van der Waals surface area contributed by atoms with Crippen molar-refractivity contribution < 1.29 is 22.7 Å². The fourth-order valence-electron chi connectivity index (χ4n) is 2.32. The van der Waals surface area contributed by atoms with Gasteiger partial charge in [-0.05, 0) is 32.0 Å².